The lowest BCUT2D eigenvalue weighted by molar-refractivity contribution is 0.713. The summed E-state index contributed by atoms with van der Waals surface area (Å²) in [7, 11) is 0. The van der Waals surface area contributed by atoms with E-state index in [4.69, 9.17) is 0 Å². The summed E-state index contributed by atoms with van der Waals surface area (Å²) < 4.78 is 0.226. The van der Waals surface area contributed by atoms with E-state index < -0.39 is 0 Å². The van der Waals surface area contributed by atoms with Crippen LogP contribution in [0.2, 0.25) is 0 Å². The van der Waals surface area contributed by atoms with Crippen molar-refractivity contribution < 1.29 is 0 Å². The van der Waals surface area contributed by atoms with Crippen molar-refractivity contribution in [2.24, 2.45) is 0 Å². The topological polar surface area (TPSA) is 0 Å². The van der Waals surface area contributed by atoms with E-state index in [1.165, 1.54) is 25.7 Å². The number of allylic oxidation sites excluding steroid dienone is 2. The molecule has 0 aromatic rings. The summed E-state index contributed by atoms with van der Waals surface area (Å²) in [6, 6.07) is 0. The van der Waals surface area contributed by atoms with Crippen LogP contribution >= 0.6 is 31.9 Å². The van der Waals surface area contributed by atoms with Gasteiger partial charge >= 0.3 is 0 Å². The Bertz CT molecular complexity index is 104. The third kappa shape index (κ3) is 2.85. The SMILES string of the molecule is BrC1(Br)CCC=CCC1. The first-order valence-electron chi connectivity index (χ1n) is 3.23. The lowest BCUT2D eigenvalue weighted by Crippen LogP contribution is -2.07. The predicted molar refractivity (Wildman–Crippen MR) is 48.2 cm³/mol. The Morgan fingerprint density at radius 3 is 1.89 bits per heavy atom. The van der Waals surface area contributed by atoms with Crippen LogP contribution in [0.25, 0.3) is 0 Å². The monoisotopic (exact) mass is 252 g/mol. The molecule has 0 spiro atoms. The van der Waals surface area contributed by atoms with Gasteiger partial charge < -0.3 is 0 Å². The fraction of sp³-hybridized carbons (Fsp3) is 0.714. The van der Waals surface area contributed by atoms with Crippen molar-refractivity contribution in [3.8, 4) is 0 Å². The molecule has 0 fully saturated rings. The molecule has 0 amide bonds. The molecule has 0 saturated carbocycles. The van der Waals surface area contributed by atoms with Gasteiger partial charge in [-0.1, -0.05) is 44.0 Å². The van der Waals surface area contributed by atoms with Crippen LogP contribution in [0.15, 0.2) is 12.2 Å². The molecule has 1 aliphatic carbocycles. The highest BCUT2D eigenvalue weighted by atomic mass is 79.9. The molecule has 0 aromatic heterocycles. The maximum absolute atomic E-state index is 3.62. The third-order valence-electron chi connectivity index (χ3n) is 1.52. The largest absolute Gasteiger partial charge is 0.0885 e. The van der Waals surface area contributed by atoms with Gasteiger partial charge in [-0.25, -0.2) is 0 Å². The van der Waals surface area contributed by atoms with E-state index >= 15 is 0 Å². The van der Waals surface area contributed by atoms with E-state index in [1.54, 1.807) is 0 Å². The Kier molecular flexibility index (Phi) is 2.77. The van der Waals surface area contributed by atoms with Gasteiger partial charge in [0.1, 0.15) is 0 Å². The van der Waals surface area contributed by atoms with Crippen LogP contribution in [0.1, 0.15) is 25.7 Å². The second kappa shape index (κ2) is 3.20. The Morgan fingerprint density at radius 1 is 1.00 bits per heavy atom. The summed E-state index contributed by atoms with van der Waals surface area (Å²) in [6.45, 7) is 0. The minimum Gasteiger partial charge on any atom is -0.0885 e. The fourth-order valence-electron chi connectivity index (χ4n) is 0.950. The van der Waals surface area contributed by atoms with Gasteiger partial charge in [0, 0.05) is 0 Å². The molecule has 0 aliphatic heterocycles. The number of rotatable bonds is 0. The molecular weight excluding hydrogens is 244 g/mol. The minimum atomic E-state index is 0.226. The number of hydrogen-bond acceptors (Lipinski definition) is 0. The lowest BCUT2D eigenvalue weighted by atomic mass is 10.2. The predicted octanol–water partition coefficient (Wildman–Crippen LogP) is 3.60. The molecule has 0 heterocycles. The quantitative estimate of drug-likeness (QED) is 0.457. The second-order valence-electron chi connectivity index (χ2n) is 2.40. The van der Waals surface area contributed by atoms with Gasteiger partial charge in [0.15, 0.2) is 0 Å². The van der Waals surface area contributed by atoms with E-state index in [0.717, 1.165) is 0 Å². The number of halogens is 2. The Morgan fingerprint density at radius 2 is 1.44 bits per heavy atom. The van der Waals surface area contributed by atoms with Gasteiger partial charge in [0.2, 0.25) is 0 Å². The molecule has 0 aromatic carbocycles. The average molecular weight is 254 g/mol. The molecular formula is C7H10Br2. The Balaban J connectivity index is 2.44. The van der Waals surface area contributed by atoms with Crippen molar-refractivity contribution in [3.63, 3.8) is 0 Å². The van der Waals surface area contributed by atoms with Crippen molar-refractivity contribution in [2.45, 2.75) is 28.9 Å². The summed E-state index contributed by atoms with van der Waals surface area (Å²) in [4.78, 5) is 0. The Labute approximate surface area is 73.0 Å². The van der Waals surface area contributed by atoms with Crippen LogP contribution in [0.3, 0.4) is 0 Å². The first-order chi connectivity index (χ1) is 4.21. The van der Waals surface area contributed by atoms with Gasteiger partial charge in [0.25, 0.3) is 0 Å². The van der Waals surface area contributed by atoms with Crippen molar-refractivity contribution >= 4 is 31.9 Å². The Hall–Kier alpha value is 0.700. The van der Waals surface area contributed by atoms with E-state index in [9.17, 15) is 0 Å². The molecule has 0 bridgehead atoms. The smallest absolute Gasteiger partial charge is 0.0811 e. The van der Waals surface area contributed by atoms with Crippen LogP contribution < -0.4 is 0 Å². The maximum Gasteiger partial charge on any atom is 0.0811 e. The zero-order valence-electron chi connectivity index (χ0n) is 5.24. The van der Waals surface area contributed by atoms with Crippen molar-refractivity contribution in [1.82, 2.24) is 0 Å². The molecule has 52 valence electrons. The summed E-state index contributed by atoms with van der Waals surface area (Å²) in [6.07, 6.45) is 9.29. The summed E-state index contributed by atoms with van der Waals surface area (Å²) >= 11 is 7.24. The average Bonchev–Trinajstić information content (AvgIpc) is 1.92. The molecule has 0 saturated heterocycles. The van der Waals surface area contributed by atoms with Gasteiger partial charge in [-0.05, 0) is 25.7 Å². The molecule has 0 atom stereocenters. The first kappa shape index (κ1) is 7.80. The molecule has 9 heavy (non-hydrogen) atoms. The van der Waals surface area contributed by atoms with E-state index in [-0.39, 0.29) is 3.23 Å². The van der Waals surface area contributed by atoms with E-state index in [2.05, 4.69) is 44.0 Å². The lowest BCUT2D eigenvalue weighted by Gasteiger charge is -2.16. The van der Waals surface area contributed by atoms with Gasteiger partial charge in [0.05, 0.1) is 3.23 Å². The van der Waals surface area contributed by atoms with Crippen LogP contribution in [-0.2, 0) is 0 Å². The highest BCUT2D eigenvalue weighted by Crippen LogP contribution is 2.37. The first-order valence-corrected chi connectivity index (χ1v) is 4.82. The molecule has 1 rings (SSSR count). The zero-order chi connectivity index (χ0) is 6.74. The van der Waals surface area contributed by atoms with E-state index in [0.29, 0.717) is 0 Å². The van der Waals surface area contributed by atoms with Crippen LogP contribution in [0, 0.1) is 0 Å². The standard InChI is InChI=1S/C7H10Br2/c8-7(9)5-3-1-2-4-6-7/h1-2H,3-6H2. The fourth-order valence-corrected chi connectivity index (χ4v) is 1.87. The molecule has 2 heteroatoms. The van der Waals surface area contributed by atoms with Crippen molar-refractivity contribution in [2.75, 3.05) is 0 Å². The van der Waals surface area contributed by atoms with Crippen LogP contribution in [-0.4, -0.2) is 3.23 Å². The highest BCUT2D eigenvalue weighted by molar-refractivity contribution is 9.25. The molecule has 0 unspecified atom stereocenters. The van der Waals surface area contributed by atoms with Gasteiger partial charge in [-0.15, -0.1) is 0 Å². The van der Waals surface area contributed by atoms with Crippen LogP contribution in [0.5, 0.6) is 0 Å². The third-order valence-corrected chi connectivity index (χ3v) is 3.11. The molecule has 1 aliphatic rings. The normalized spacial score (nSPS) is 25.6. The minimum absolute atomic E-state index is 0.226. The van der Waals surface area contributed by atoms with Gasteiger partial charge in [-0.3, -0.25) is 0 Å². The number of hydrogen-bond donors (Lipinski definition) is 0. The zero-order valence-corrected chi connectivity index (χ0v) is 8.41. The maximum atomic E-state index is 3.62. The summed E-state index contributed by atoms with van der Waals surface area (Å²) in [5.41, 5.74) is 0. The molecule has 0 radical (unpaired) electrons. The van der Waals surface area contributed by atoms with E-state index in [1.807, 2.05) is 0 Å². The number of alkyl halides is 2. The summed E-state index contributed by atoms with van der Waals surface area (Å²) in [5.74, 6) is 0. The van der Waals surface area contributed by atoms with Crippen molar-refractivity contribution in [1.29, 1.82) is 0 Å². The molecule has 0 nitrogen and oxygen atoms in total. The van der Waals surface area contributed by atoms with Gasteiger partial charge in [-0.2, -0.15) is 0 Å². The molecule has 0 N–H and O–H groups in total. The summed E-state index contributed by atoms with van der Waals surface area (Å²) in [5, 5.41) is 0. The van der Waals surface area contributed by atoms with Crippen LogP contribution in [0.4, 0.5) is 0 Å². The van der Waals surface area contributed by atoms with Crippen molar-refractivity contribution in [3.05, 3.63) is 12.2 Å². The highest BCUT2D eigenvalue weighted by Gasteiger charge is 2.21. The second-order valence-corrected chi connectivity index (χ2v) is 6.50.